The van der Waals surface area contributed by atoms with E-state index in [1.807, 2.05) is 6.92 Å². The highest BCUT2D eigenvalue weighted by atomic mass is 16.3. The fourth-order valence-electron chi connectivity index (χ4n) is 2.30. The van der Waals surface area contributed by atoms with E-state index in [1.54, 1.807) is 42.7 Å². The molecule has 2 aromatic heterocycles. The van der Waals surface area contributed by atoms with Gasteiger partial charge in [-0.3, -0.25) is 9.59 Å². The van der Waals surface area contributed by atoms with E-state index in [0.29, 0.717) is 16.7 Å². The summed E-state index contributed by atoms with van der Waals surface area (Å²) in [5.41, 5.74) is 0.298. The molecular weight excluding hydrogens is 296 g/mol. The van der Waals surface area contributed by atoms with E-state index in [-0.39, 0.29) is 30.5 Å². The lowest BCUT2D eigenvalue weighted by Gasteiger charge is -2.11. The molecule has 3 rings (SSSR count). The molecular formula is C16H16N4O3. The molecule has 0 saturated carbocycles. The minimum absolute atomic E-state index is 0.137. The summed E-state index contributed by atoms with van der Waals surface area (Å²) in [7, 11) is 0. The Balaban J connectivity index is 1.65. The fraction of sp³-hybridized carbons (Fsp3) is 0.250. The van der Waals surface area contributed by atoms with E-state index in [1.165, 1.54) is 4.68 Å². The summed E-state index contributed by atoms with van der Waals surface area (Å²) in [4.78, 5) is 24.2. The maximum absolute atomic E-state index is 12.3. The van der Waals surface area contributed by atoms with Crippen molar-refractivity contribution in [2.75, 3.05) is 0 Å². The van der Waals surface area contributed by atoms with Gasteiger partial charge in [-0.2, -0.15) is 0 Å². The molecule has 0 unspecified atom stereocenters. The number of carbonyl (C=O) groups is 1. The molecule has 0 spiro atoms. The van der Waals surface area contributed by atoms with E-state index >= 15 is 0 Å². The Morgan fingerprint density at radius 3 is 2.91 bits per heavy atom. The summed E-state index contributed by atoms with van der Waals surface area (Å²) in [6.07, 6.45) is 1.69. The normalized spacial score (nSPS) is 12.2. The molecule has 0 radical (unpaired) electrons. The lowest BCUT2D eigenvalue weighted by atomic mass is 10.2. The lowest BCUT2D eigenvalue weighted by molar-refractivity contribution is -0.122. The number of nitrogens with one attached hydrogen (secondary N) is 1. The first-order valence-corrected chi connectivity index (χ1v) is 7.30. The van der Waals surface area contributed by atoms with Crippen LogP contribution in [0.2, 0.25) is 0 Å². The smallest absolute Gasteiger partial charge is 0.277 e. The van der Waals surface area contributed by atoms with Gasteiger partial charge in [-0.1, -0.05) is 17.3 Å². The first-order valence-electron chi connectivity index (χ1n) is 7.30. The van der Waals surface area contributed by atoms with Gasteiger partial charge < -0.3 is 9.73 Å². The molecule has 0 saturated heterocycles. The number of nitrogens with zero attached hydrogens (tertiary/aromatic N) is 3. The molecule has 0 aliphatic carbocycles. The summed E-state index contributed by atoms with van der Waals surface area (Å²) in [6.45, 7) is 2.01. The Bertz CT molecular complexity index is 870. The van der Waals surface area contributed by atoms with E-state index in [9.17, 15) is 9.59 Å². The maximum atomic E-state index is 12.3. The Labute approximate surface area is 131 Å². The van der Waals surface area contributed by atoms with Gasteiger partial charge in [0.25, 0.3) is 5.56 Å². The first kappa shape index (κ1) is 15.0. The number of furan rings is 1. The predicted molar refractivity (Wildman–Crippen MR) is 83.7 cm³/mol. The van der Waals surface area contributed by atoms with Crippen LogP contribution in [0.25, 0.3) is 10.9 Å². The van der Waals surface area contributed by atoms with Gasteiger partial charge in [0.2, 0.25) is 5.91 Å². The van der Waals surface area contributed by atoms with Crippen LogP contribution in [0.5, 0.6) is 0 Å². The third kappa shape index (κ3) is 3.28. The molecule has 23 heavy (non-hydrogen) atoms. The summed E-state index contributed by atoms with van der Waals surface area (Å²) >= 11 is 0. The van der Waals surface area contributed by atoms with Crippen LogP contribution in [0.15, 0.2) is 51.9 Å². The van der Waals surface area contributed by atoms with Crippen molar-refractivity contribution < 1.29 is 9.21 Å². The Kier molecular flexibility index (Phi) is 4.18. The van der Waals surface area contributed by atoms with Gasteiger partial charge in [-0.25, -0.2) is 4.68 Å². The molecule has 0 bridgehead atoms. The number of hydrogen-bond acceptors (Lipinski definition) is 5. The summed E-state index contributed by atoms with van der Waals surface area (Å²) < 4.78 is 6.44. The van der Waals surface area contributed by atoms with E-state index < -0.39 is 0 Å². The van der Waals surface area contributed by atoms with Crippen LogP contribution < -0.4 is 10.9 Å². The van der Waals surface area contributed by atoms with Gasteiger partial charge in [-0.05, 0) is 31.2 Å². The fourth-order valence-corrected chi connectivity index (χ4v) is 2.30. The van der Waals surface area contributed by atoms with Gasteiger partial charge in [0.15, 0.2) is 0 Å². The molecule has 2 heterocycles. The minimum atomic E-state index is -0.248. The van der Waals surface area contributed by atoms with Gasteiger partial charge in [0.05, 0.1) is 24.2 Å². The van der Waals surface area contributed by atoms with Crippen LogP contribution in [-0.4, -0.2) is 20.9 Å². The van der Waals surface area contributed by atoms with Crippen LogP contribution in [0, 0.1) is 0 Å². The quantitative estimate of drug-likeness (QED) is 0.773. The number of aromatic nitrogens is 3. The van der Waals surface area contributed by atoms with Crippen LogP contribution in [0.4, 0.5) is 0 Å². The second-order valence-corrected chi connectivity index (χ2v) is 5.19. The minimum Gasteiger partial charge on any atom is -0.467 e. The molecule has 118 valence electrons. The zero-order valence-corrected chi connectivity index (χ0v) is 12.6. The SMILES string of the molecule is C[C@@H](NC(=O)CCn1nnc2ccccc2c1=O)c1ccco1. The number of aryl methyl sites for hydroxylation is 1. The van der Waals surface area contributed by atoms with Crippen molar-refractivity contribution >= 4 is 16.8 Å². The van der Waals surface area contributed by atoms with Crippen LogP contribution in [0.1, 0.15) is 25.1 Å². The molecule has 1 amide bonds. The van der Waals surface area contributed by atoms with Crippen molar-refractivity contribution in [3.63, 3.8) is 0 Å². The third-order valence-corrected chi connectivity index (χ3v) is 3.53. The van der Waals surface area contributed by atoms with Crippen molar-refractivity contribution in [1.82, 2.24) is 20.3 Å². The summed E-state index contributed by atoms with van der Waals surface area (Å²) in [5, 5.41) is 11.2. The highest BCUT2D eigenvalue weighted by Gasteiger charge is 2.12. The molecule has 1 N–H and O–H groups in total. The number of fused-ring (bicyclic) bond motifs is 1. The number of hydrogen-bond donors (Lipinski definition) is 1. The topological polar surface area (TPSA) is 90.0 Å². The summed E-state index contributed by atoms with van der Waals surface area (Å²) in [5.74, 6) is 0.497. The Morgan fingerprint density at radius 2 is 2.13 bits per heavy atom. The second kappa shape index (κ2) is 6.43. The van der Waals surface area contributed by atoms with Crippen LogP contribution >= 0.6 is 0 Å². The van der Waals surface area contributed by atoms with Gasteiger partial charge in [0, 0.05) is 6.42 Å². The average Bonchev–Trinajstić information content (AvgIpc) is 3.09. The van der Waals surface area contributed by atoms with Gasteiger partial charge in [0.1, 0.15) is 11.3 Å². The zero-order chi connectivity index (χ0) is 16.2. The van der Waals surface area contributed by atoms with Crippen LogP contribution in [-0.2, 0) is 11.3 Å². The number of benzene rings is 1. The van der Waals surface area contributed by atoms with Crippen molar-refractivity contribution in [2.45, 2.75) is 25.9 Å². The molecule has 1 atom stereocenters. The predicted octanol–water partition coefficient (Wildman–Crippen LogP) is 1.65. The number of rotatable bonds is 5. The monoisotopic (exact) mass is 312 g/mol. The van der Waals surface area contributed by atoms with Crippen molar-refractivity contribution in [2.24, 2.45) is 0 Å². The molecule has 7 heteroatoms. The number of amides is 1. The molecule has 7 nitrogen and oxygen atoms in total. The van der Waals surface area contributed by atoms with Crippen molar-refractivity contribution in [1.29, 1.82) is 0 Å². The highest BCUT2D eigenvalue weighted by Crippen LogP contribution is 2.12. The van der Waals surface area contributed by atoms with Crippen LogP contribution in [0.3, 0.4) is 0 Å². The molecule has 3 aromatic rings. The first-order chi connectivity index (χ1) is 11.1. The highest BCUT2D eigenvalue weighted by molar-refractivity contribution is 5.77. The van der Waals surface area contributed by atoms with E-state index in [2.05, 4.69) is 15.6 Å². The zero-order valence-electron chi connectivity index (χ0n) is 12.6. The van der Waals surface area contributed by atoms with E-state index in [0.717, 1.165) is 0 Å². The lowest BCUT2D eigenvalue weighted by Crippen LogP contribution is -2.30. The maximum Gasteiger partial charge on any atom is 0.277 e. The largest absolute Gasteiger partial charge is 0.467 e. The molecule has 0 fully saturated rings. The van der Waals surface area contributed by atoms with Gasteiger partial charge >= 0.3 is 0 Å². The van der Waals surface area contributed by atoms with Crippen molar-refractivity contribution in [3.8, 4) is 0 Å². The number of carbonyl (C=O) groups excluding carboxylic acids is 1. The Hall–Kier alpha value is -2.96. The molecule has 0 aliphatic rings. The van der Waals surface area contributed by atoms with Crippen molar-refractivity contribution in [3.05, 3.63) is 58.8 Å². The standard InChI is InChI=1S/C16H16N4O3/c1-11(14-7-4-10-23-14)17-15(21)8-9-20-16(22)12-5-2-3-6-13(12)18-19-20/h2-7,10-11H,8-9H2,1H3,(H,17,21)/t11-/m1/s1. The molecule has 1 aromatic carbocycles. The molecule has 0 aliphatic heterocycles. The summed E-state index contributed by atoms with van der Waals surface area (Å²) in [6, 6.07) is 10.3. The van der Waals surface area contributed by atoms with E-state index in [4.69, 9.17) is 4.42 Å². The second-order valence-electron chi connectivity index (χ2n) is 5.19. The Morgan fingerprint density at radius 1 is 1.30 bits per heavy atom. The average molecular weight is 312 g/mol. The van der Waals surface area contributed by atoms with Gasteiger partial charge in [-0.15, -0.1) is 5.10 Å². The third-order valence-electron chi connectivity index (χ3n) is 3.53.